The summed E-state index contributed by atoms with van der Waals surface area (Å²) in [6.45, 7) is 2.12. The molecular formula is C24H16O. The molecule has 0 aliphatic rings. The van der Waals surface area contributed by atoms with Gasteiger partial charge >= 0.3 is 0 Å². The average molecular weight is 320 g/mol. The minimum Gasteiger partial charge on any atom is -0.289 e. The Morgan fingerprint density at radius 1 is 0.680 bits per heavy atom. The maximum absolute atomic E-state index is 13.0. The van der Waals surface area contributed by atoms with Crippen LogP contribution in [-0.2, 0) is 0 Å². The summed E-state index contributed by atoms with van der Waals surface area (Å²) in [5.41, 5.74) is 2.45. The van der Waals surface area contributed by atoms with Crippen LogP contribution in [-0.4, -0.2) is 0 Å². The average Bonchev–Trinajstić information content (AvgIpc) is 2.90. The molecule has 0 bridgehead atoms. The summed E-state index contributed by atoms with van der Waals surface area (Å²) in [5, 5.41) is 7.28. The van der Waals surface area contributed by atoms with E-state index in [9.17, 15) is 4.79 Å². The number of hydrogen-bond donors (Lipinski definition) is 0. The van der Waals surface area contributed by atoms with Gasteiger partial charge < -0.3 is 0 Å². The summed E-state index contributed by atoms with van der Waals surface area (Å²) in [4.78, 5) is 13.0. The third-order valence-corrected chi connectivity index (χ3v) is 5.13. The highest BCUT2D eigenvalue weighted by Crippen LogP contribution is 2.25. The molecule has 0 saturated carbocycles. The van der Waals surface area contributed by atoms with E-state index in [4.69, 9.17) is 0 Å². The summed E-state index contributed by atoms with van der Waals surface area (Å²) in [5.74, 6) is 0. The molecule has 0 N–H and O–H groups in total. The second-order valence-electron chi connectivity index (χ2n) is 6.62. The molecule has 5 rings (SSSR count). The summed E-state index contributed by atoms with van der Waals surface area (Å²) in [6.07, 6.45) is 2.06. The Kier molecular flexibility index (Phi) is 2.92. The smallest absolute Gasteiger partial charge is 0.194 e. The number of rotatable bonds is 1. The van der Waals surface area contributed by atoms with E-state index in [0.717, 1.165) is 32.3 Å². The largest absolute Gasteiger partial charge is 0.289 e. The first kappa shape index (κ1) is 14.2. The van der Waals surface area contributed by atoms with Gasteiger partial charge in [0, 0.05) is 16.0 Å². The SMILES string of the molecule is Cc1cccc2cccc(/C=c3\c(=O)c4cccc5cccc3c54)c12. The molecule has 0 unspecified atom stereocenters. The molecule has 5 aromatic rings. The fraction of sp³-hybridized carbons (Fsp3) is 0.0417. The third kappa shape index (κ3) is 1.99. The highest BCUT2D eigenvalue weighted by molar-refractivity contribution is 6.12. The molecule has 1 heteroatoms. The lowest BCUT2D eigenvalue weighted by Gasteiger charge is -2.05. The normalized spacial score (nSPS) is 12.6. The monoisotopic (exact) mass is 320 g/mol. The van der Waals surface area contributed by atoms with Crippen molar-refractivity contribution in [3.05, 3.63) is 99.4 Å². The Morgan fingerprint density at radius 2 is 1.28 bits per heavy atom. The van der Waals surface area contributed by atoms with Crippen molar-refractivity contribution in [2.45, 2.75) is 6.92 Å². The van der Waals surface area contributed by atoms with Gasteiger partial charge in [-0.1, -0.05) is 72.8 Å². The van der Waals surface area contributed by atoms with Gasteiger partial charge in [0.2, 0.25) is 0 Å². The summed E-state index contributed by atoms with van der Waals surface area (Å²) >= 11 is 0. The van der Waals surface area contributed by atoms with Crippen molar-refractivity contribution in [3.63, 3.8) is 0 Å². The van der Waals surface area contributed by atoms with Crippen LogP contribution >= 0.6 is 0 Å². The van der Waals surface area contributed by atoms with Gasteiger partial charge in [0.1, 0.15) is 0 Å². The topological polar surface area (TPSA) is 17.1 Å². The van der Waals surface area contributed by atoms with E-state index in [-0.39, 0.29) is 5.43 Å². The molecule has 5 aromatic carbocycles. The predicted octanol–water partition coefficient (Wildman–Crippen LogP) is 4.80. The second-order valence-corrected chi connectivity index (χ2v) is 6.62. The Bertz CT molecular complexity index is 1350. The van der Waals surface area contributed by atoms with E-state index in [0.29, 0.717) is 0 Å². The zero-order valence-electron chi connectivity index (χ0n) is 13.9. The maximum Gasteiger partial charge on any atom is 0.194 e. The van der Waals surface area contributed by atoms with Crippen molar-refractivity contribution in [1.82, 2.24) is 0 Å². The van der Waals surface area contributed by atoms with Crippen LogP contribution in [0.4, 0.5) is 0 Å². The third-order valence-electron chi connectivity index (χ3n) is 5.13. The van der Waals surface area contributed by atoms with Gasteiger partial charge in [-0.2, -0.15) is 0 Å². The fourth-order valence-corrected chi connectivity index (χ4v) is 4.00. The van der Waals surface area contributed by atoms with Crippen LogP contribution in [0.25, 0.3) is 38.4 Å². The summed E-state index contributed by atoms with van der Waals surface area (Å²) < 4.78 is 0. The van der Waals surface area contributed by atoms with Gasteiger partial charge in [-0.05, 0) is 45.7 Å². The van der Waals surface area contributed by atoms with E-state index >= 15 is 0 Å². The number of benzene rings is 4. The molecule has 0 saturated heterocycles. The van der Waals surface area contributed by atoms with Gasteiger partial charge in [-0.3, -0.25) is 4.79 Å². The Morgan fingerprint density at radius 3 is 2.04 bits per heavy atom. The van der Waals surface area contributed by atoms with Gasteiger partial charge in [0.15, 0.2) is 5.43 Å². The van der Waals surface area contributed by atoms with E-state index in [1.165, 1.54) is 16.3 Å². The Balaban J connectivity index is 1.97. The lowest BCUT2D eigenvalue weighted by Crippen LogP contribution is -2.19. The zero-order valence-corrected chi connectivity index (χ0v) is 13.9. The molecule has 0 heterocycles. The first-order valence-electron chi connectivity index (χ1n) is 8.51. The lowest BCUT2D eigenvalue weighted by atomic mass is 9.99. The molecule has 0 aromatic heterocycles. The van der Waals surface area contributed by atoms with Crippen LogP contribution in [0.15, 0.2) is 77.6 Å². The van der Waals surface area contributed by atoms with Crippen LogP contribution in [0.3, 0.4) is 0 Å². The van der Waals surface area contributed by atoms with Crippen LogP contribution in [0.5, 0.6) is 0 Å². The maximum atomic E-state index is 13.0. The Hall–Kier alpha value is -3.19. The predicted molar refractivity (Wildman–Crippen MR) is 106 cm³/mol. The van der Waals surface area contributed by atoms with E-state index in [1.54, 1.807) is 0 Å². The van der Waals surface area contributed by atoms with Gasteiger partial charge in [0.05, 0.1) is 0 Å². The first-order valence-corrected chi connectivity index (χ1v) is 8.51. The quantitative estimate of drug-likeness (QED) is 0.433. The molecule has 1 nitrogen and oxygen atoms in total. The lowest BCUT2D eigenvalue weighted by molar-refractivity contribution is 1.52. The molecule has 0 fully saturated rings. The van der Waals surface area contributed by atoms with Crippen LogP contribution in [0.2, 0.25) is 0 Å². The number of fused-ring (bicyclic) bond motifs is 1. The molecule has 0 atom stereocenters. The molecular weight excluding hydrogens is 304 g/mol. The Labute approximate surface area is 145 Å². The molecule has 0 amide bonds. The van der Waals surface area contributed by atoms with Crippen molar-refractivity contribution in [1.29, 1.82) is 0 Å². The molecule has 25 heavy (non-hydrogen) atoms. The molecule has 0 aliphatic heterocycles. The van der Waals surface area contributed by atoms with Crippen molar-refractivity contribution in [2.75, 3.05) is 0 Å². The van der Waals surface area contributed by atoms with Crippen LogP contribution < -0.4 is 10.6 Å². The highest BCUT2D eigenvalue weighted by Gasteiger charge is 2.11. The minimum absolute atomic E-state index is 0.123. The molecule has 0 radical (unpaired) electrons. The van der Waals surface area contributed by atoms with Crippen LogP contribution in [0, 0.1) is 6.92 Å². The van der Waals surface area contributed by atoms with Crippen molar-refractivity contribution in [2.24, 2.45) is 0 Å². The zero-order chi connectivity index (χ0) is 17.0. The van der Waals surface area contributed by atoms with E-state index in [1.807, 2.05) is 18.2 Å². The first-order chi connectivity index (χ1) is 12.2. The second kappa shape index (κ2) is 5.15. The van der Waals surface area contributed by atoms with Crippen molar-refractivity contribution >= 4 is 38.4 Å². The summed E-state index contributed by atoms with van der Waals surface area (Å²) in [6, 6.07) is 24.7. The van der Waals surface area contributed by atoms with Gasteiger partial charge in [-0.25, -0.2) is 0 Å². The van der Waals surface area contributed by atoms with Crippen molar-refractivity contribution < 1.29 is 0 Å². The summed E-state index contributed by atoms with van der Waals surface area (Å²) in [7, 11) is 0. The standard InChI is InChI=1S/C24H16O/c1-15-6-2-7-16-8-3-11-18(22(15)16)14-21-19-12-4-9-17-10-5-13-20(23(17)19)24(21)25/h2-14H,1H3/b21-14-. The number of aryl methyl sites for hydroxylation is 1. The highest BCUT2D eigenvalue weighted by atomic mass is 16.1. The van der Waals surface area contributed by atoms with Crippen molar-refractivity contribution in [3.8, 4) is 0 Å². The van der Waals surface area contributed by atoms with E-state index < -0.39 is 0 Å². The van der Waals surface area contributed by atoms with E-state index in [2.05, 4.69) is 67.6 Å². The molecule has 0 aliphatic carbocycles. The molecule has 118 valence electrons. The molecule has 0 spiro atoms. The van der Waals surface area contributed by atoms with Crippen LogP contribution in [0.1, 0.15) is 11.1 Å². The minimum atomic E-state index is 0.123. The van der Waals surface area contributed by atoms with Gasteiger partial charge in [0.25, 0.3) is 0 Å². The fourth-order valence-electron chi connectivity index (χ4n) is 4.00. The number of hydrogen-bond acceptors (Lipinski definition) is 1. The van der Waals surface area contributed by atoms with Gasteiger partial charge in [-0.15, -0.1) is 0 Å².